The van der Waals surface area contributed by atoms with Gasteiger partial charge in [-0.25, -0.2) is 4.98 Å². The van der Waals surface area contributed by atoms with Crippen molar-refractivity contribution in [2.45, 2.75) is 40.3 Å². The first-order valence-corrected chi connectivity index (χ1v) is 9.08. The minimum absolute atomic E-state index is 0.0603. The van der Waals surface area contributed by atoms with Crippen molar-refractivity contribution in [3.8, 4) is 0 Å². The number of carbonyl (C=O) groups excluding carboxylic acids is 1. The van der Waals surface area contributed by atoms with Crippen molar-refractivity contribution in [1.29, 1.82) is 0 Å². The number of para-hydroxylation sites is 1. The Bertz CT molecular complexity index is 1230. The summed E-state index contributed by atoms with van der Waals surface area (Å²) in [6.45, 7) is 6.85. The Balaban J connectivity index is 1.72. The van der Waals surface area contributed by atoms with Gasteiger partial charge in [-0.2, -0.15) is 0 Å². The number of aryl methyl sites for hydroxylation is 1. The highest BCUT2D eigenvalue weighted by Gasteiger charge is 2.18. The summed E-state index contributed by atoms with van der Waals surface area (Å²) in [6, 6.07) is 9.28. The third-order valence-corrected chi connectivity index (χ3v) is 4.99. The van der Waals surface area contributed by atoms with Crippen molar-refractivity contribution in [2.75, 3.05) is 0 Å². The number of rotatable bonds is 5. The lowest BCUT2D eigenvalue weighted by Gasteiger charge is -2.08. The maximum absolute atomic E-state index is 12.8. The SMILES string of the molecule is CCCn1c(C)cc(C(=O)Cn2cnc3c(oc4ccccc43)c2=O)c1C. The zero-order chi connectivity index (χ0) is 19.1. The van der Waals surface area contributed by atoms with Crippen LogP contribution in [0.4, 0.5) is 0 Å². The molecule has 27 heavy (non-hydrogen) atoms. The minimum Gasteiger partial charge on any atom is -0.448 e. The van der Waals surface area contributed by atoms with Crippen LogP contribution in [0.3, 0.4) is 0 Å². The Hall–Kier alpha value is -3.15. The van der Waals surface area contributed by atoms with E-state index < -0.39 is 0 Å². The van der Waals surface area contributed by atoms with Gasteiger partial charge in [0.05, 0.1) is 12.9 Å². The molecule has 0 atom stereocenters. The first-order chi connectivity index (χ1) is 13.0. The van der Waals surface area contributed by atoms with Gasteiger partial charge in [0.1, 0.15) is 11.1 Å². The molecule has 0 saturated carbocycles. The molecule has 0 aliphatic rings. The average molecular weight is 363 g/mol. The zero-order valence-corrected chi connectivity index (χ0v) is 15.7. The molecule has 0 aliphatic heterocycles. The van der Waals surface area contributed by atoms with Crippen LogP contribution in [0, 0.1) is 13.8 Å². The Morgan fingerprint density at radius 3 is 2.78 bits per heavy atom. The molecule has 138 valence electrons. The van der Waals surface area contributed by atoms with Gasteiger partial charge < -0.3 is 8.98 Å². The Morgan fingerprint density at radius 1 is 1.22 bits per heavy atom. The van der Waals surface area contributed by atoms with Crippen LogP contribution in [0.1, 0.15) is 35.1 Å². The second kappa shape index (κ2) is 6.54. The van der Waals surface area contributed by atoms with Crippen molar-refractivity contribution < 1.29 is 9.21 Å². The van der Waals surface area contributed by atoms with Gasteiger partial charge in [0.15, 0.2) is 5.78 Å². The van der Waals surface area contributed by atoms with E-state index in [9.17, 15) is 9.59 Å². The summed E-state index contributed by atoms with van der Waals surface area (Å²) in [4.78, 5) is 30.0. The molecule has 0 N–H and O–H groups in total. The van der Waals surface area contributed by atoms with Crippen molar-refractivity contribution >= 4 is 27.9 Å². The Labute approximate surface area is 156 Å². The molecule has 4 rings (SSSR count). The minimum atomic E-state index is -0.341. The molecule has 0 aliphatic carbocycles. The van der Waals surface area contributed by atoms with Gasteiger partial charge in [-0.1, -0.05) is 19.1 Å². The lowest BCUT2D eigenvalue weighted by atomic mass is 10.1. The lowest BCUT2D eigenvalue weighted by Crippen LogP contribution is -2.24. The third kappa shape index (κ3) is 2.77. The largest absolute Gasteiger partial charge is 0.448 e. The molecule has 0 radical (unpaired) electrons. The van der Waals surface area contributed by atoms with Crippen LogP contribution in [-0.2, 0) is 13.1 Å². The number of hydrogen-bond acceptors (Lipinski definition) is 4. The number of ketones is 1. The summed E-state index contributed by atoms with van der Waals surface area (Å²) in [6.07, 6.45) is 2.42. The molecule has 0 unspecified atom stereocenters. The second-order valence-electron chi connectivity index (χ2n) is 6.81. The van der Waals surface area contributed by atoms with E-state index in [4.69, 9.17) is 4.42 Å². The van der Waals surface area contributed by atoms with E-state index in [2.05, 4.69) is 16.5 Å². The number of nitrogens with zero attached hydrogens (tertiary/aromatic N) is 3. The smallest absolute Gasteiger partial charge is 0.297 e. The molecule has 4 aromatic rings. The molecule has 3 aromatic heterocycles. The van der Waals surface area contributed by atoms with Crippen molar-refractivity contribution in [2.24, 2.45) is 0 Å². The quantitative estimate of drug-likeness (QED) is 0.505. The summed E-state index contributed by atoms with van der Waals surface area (Å²) >= 11 is 0. The molecular weight excluding hydrogens is 342 g/mol. The number of benzene rings is 1. The highest BCUT2D eigenvalue weighted by atomic mass is 16.3. The molecule has 6 nitrogen and oxygen atoms in total. The second-order valence-corrected chi connectivity index (χ2v) is 6.81. The fraction of sp³-hybridized carbons (Fsp3) is 0.286. The van der Waals surface area contributed by atoms with Gasteiger partial charge >= 0.3 is 0 Å². The summed E-state index contributed by atoms with van der Waals surface area (Å²) in [7, 11) is 0. The van der Waals surface area contributed by atoms with Crippen LogP contribution in [0.15, 0.2) is 45.9 Å². The summed E-state index contributed by atoms with van der Waals surface area (Å²) in [5, 5.41) is 0.797. The standard InChI is InChI=1S/C21H21N3O3/c1-4-9-24-13(2)10-16(14(24)3)17(25)11-23-12-22-19-15-7-5-6-8-18(15)27-20(19)21(23)26/h5-8,10,12H,4,9,11H2,1-3H3. The van der Waals surface area contributed by atoms with Gasteiger partial charge in [0, 0.05) is 28.9 Å². The zero-order valence-electron chi connectivity index (χ0n) is 15.7. The van der Waals surface area contributed by atoms with Crippen LogP contribution < -0.4 is 5.56 Å². The average Bonchev–Trinajstić information content (AvgIpc) is 3.17. The van der Waals surface area contributed by atoms with Crippen LogP contribution in [0.5, 0.6) is 0 Å². The summed E-state index contributed by atoms with van der Waals surface area (Å²) in [5.41, 5.74) is 3.62. The van der Waals surface area contributed by atoms with Crippen LogP contribution in [-0.4, -0.2) is 19.9 Å². The number of aromatic nitrogens is 3. The number of hydrogen-bond donors (Lipinski definition) is 0. The predicted molar refractivity (Wildman–Crippen MR) is 104 cm³/mol. The number of carbonyl (C=O) groups is 1. The van der Waals surface area contributed by atoms with Crippen LogP contribution >= 0.6 is 0 Å². The molecule has 0 saturated heterocycles. The number of Topliss-reactive ketones (excluding diaryl/α,β-unsaturated/α-hetero) is 1. The summed E-state index contributed by atoms with van der Waals surface area (Å²) < 4.78 is 9.13. The van der Waals surface area contributed by atoms with Crippen molar-refractivity contribution in [3.05, 3.63) is 64.0 Å². The molecule has 1 aromatic carbocycles. The van der Waals surface area contributed by atoms with Gasteiger partial charge in [-0.3, -0.25) is 14.2 Å². The van der Waals surface area contributed by atoms with Crippen LogP contribution in [0.2, 0.25) is 0 Å². The number of fused-ring (bicyclic) bond motifs is 3. The van der Waals surface area contributed by atoms with Gasteiger partial charge in [-0.05, 0) is 38.5 Å². The number of furan rings is 1. The Kier molecular flexibility index (Phi) is 4.18. The molecule has 0 amide bonds. The highest BCUT2D eigenvalue weighted by Crippen LogP contribution is 2.24. The molecule has 3 heterocycles. The fourth-order valence-electron chi connectivity index (χ4n) is 3.62. The molecule has 6 heteroatoms. The molecule has 0 fully saturated rings. The van der Waals surface area contributed by atoms with E-state index in [0.29, 0.717) is 16.7 Å². The maximum Gasteiger partial charge on any atom is 0.297 e. The van der Waals surface area contributed by atoms with E-state index in [1.165, 1.54) is 10.9 Å². The van der Waals surface area contributed by atoms with E-state index >= 15 is 0 Å². The Morgan fingerprint density at radius 2 is 2.00 bits per heavy atom. The fourth-order valence-corrected chi connectivity index (χ4v) is 3.62. The monoisotopic (exact) mass is 363 g/mol. The van der Waals surface area contributed by atoms with Gasteiger partial charge in [0.25, 0.3) is 5.56 Å². The van der Waals surface area contributed by atoms with E-state index in [0.717, 1.165) is 29.7 Å². The normalized spacial score (nSPS) is 11.5. The third-order valence-electron chi connectivity index (χ3n) is 4.99. The van der Waals surface area contributed by atoms with Gasteiger partial charge in [0.2, 0.25) is 5.58 Å². The van der Waals surface area contributed by atoms with Crippen molar-refractivity contribution in [3.63, 3.8) is 0 Å². The summed E-state index contributed by atoms with van der Waals surface area (Å²) in [5.74, 6) is -0.107. The first kappa shape index (κ1) is 17.3. The molecular formula is C21H21N3O3. The predicted octanol–water partition coefficient (Wildman–Crippen LogP) is 3.85. The van der Waals surface area contributed by atoms with E-state index in [-0.39, 0.29) is 23.5 Å². The molecule has 0 bridgehead atoms. The first-order valence-electron chi connectivity index (χ1n) is 9.08. The highest BCUT2D eigenvalue weighted by molar-refractivity contribution is 6.02. The van der Waals surface area contributed by atoms with Crippen molar-refractivity contribution in [1.82, 2.24) is 14.1 Å². The lowest BCUT2D eigenvalue weighted by molar-refractivity contribution is 0.0970. The van der Waals surface area contributed by atoms with E-state index in [1.807, 2.05) is 38.1 Å². The van der Waals surface area contributed by atoms with E-state index in [1.54, 1.807) is 6.07 Å². The van der Waals surface area contributed by atoms with Gasteiger partial charge in [-0.15, -0.1) is 0 Å². The molecule has 0 spiro atoms. The van der Waals surface area contributed by atoms with Crippen LogP contribution in [0.25, 0.3) is 22.1 Å². The topological polar surface area (TPSA) is 70.0 Å². The maximum atomic E-state index is 12.8.